The largest absolute Gasteiger partial charge is 0.390 e. The number of hydrogen-bond acceptors (Lipinski definition) is 3. The van der Waals surface area contributed by atoms with Gasteiger partial charge in [0.1, 0.15) is 0 Å². The molecule has 0 unspecified atom stereocenters. The number of hydrogen-bond donors (Lipinski definition) is 1. The van der Waals surface area contributed by atoms with Gasteiger partial charge in [-0.1, -0.05) is 0 Å². The molecule has 1 N–H and O–H groups in total. The molecule has 2 aliphatic heterocycles. The van der Waals surface area contributed by atoms with Crippen LogP contribution in [0.1, 0.15) is 19.3 Å². The Hall–Kier alpha value is -0.120. The van der Waals surface area contributed by atoms with Gasteiger partial charge in [0.2, 0.25) is 0 Å². The van der Waals surface area contributed by atoms with E-state index in [4.69, 9.17) is 9.47 Å². The summed E-state index contributed by atoms with van der Waals surface area (Å²) < 4.78 is 10.2. The smallest absolute Gasteiger partial charge is 0.0837 e. The Labute approximate surface area is 66.3 Å². The predicted octanol–water partition coefficient (Wildman–Crippen LogP) is 0.317. The number of aliphatic hydroxyl groups is 1. The van der Waals surface area contributed by atoms with E-state index in [0.29, 0.717) is 19.3 Å². The summed E-state index contributed by atoms with van der Waals surface area (Å²) in [7, 11) is 0. The third-order valence-electron chi connectivity index (χ3n) is 2.43. The minimum absolute atomic E-state index is 0.332. The first-order valence-electron chi connectivity index (χ1n) is 4.20. The zero-order chi connectivity index (χ0) is 7.73. The highest BCUT2D eigenvalue weighted by atomic mass is 16.6. The lowest BCUT2D eigenvalue weighted by Gasteiger charge is -2.31. The van der Waals surface area contributed by atoms with Crippen molar-refractivity contribution in [3.05, 3.63) is 0 Å². The lowest BCUT2D eigenvalue weighted by Crippen LogP contribution is -2.37. The van der Waals surface area contributed by atoms with Gasteiger partial charge in [-0.15, -0.1) is 0 Å². The molecule has 1 atom stereocenters. The molecule has 0 amide bonds. The highest BCUT2D eigenvalue weighted by molar-refractivity contribution is 4.87. The van der Waals surface area contributed by atoms with Crippen LogP contribution in [0.4, 0.5) is 0 Å². The van der Waals surface area contributed by atoms with E-state index in [-0.39, 0.29) is 0 Å². The second kappa shape index (κ2) is 2.73. The zero-order valence-corrected chi connectivity index (χ0v) is 6.58. The lowest BCUT2D eigenvalue weighted by atomic mass is 9.89. The van der Waals surface area contributed by atoms with Gasteiger partial charge in [-0.3, -0.25) is 0 Å². The fourth-order valence-electron chi connectivity index (χ4n) is 1.57. The quantitative estimate of drug-likeness (QED) is 0.588. The van der Waals surface area contributed by atoms with Crippen LogP contribution in [-0.2, 0) is 9.47 Å². The van der Waals surface area contributed by atoms with E-state index >= 15 is 0 Å². The molecule has 0 radical (unpaired) electrons. The van der Waals surface area contributed by atoms with Gasteiger partial charge in [0.15, 0.2) is 0 Å². The maximum atomic E-state index is 9.92. The molecule has 2 rings (SSSR count). The van der Waals surface area contributed by atoms with Crippen molar-refractivity contribution in [3.63, 3.8) is 0 Å². The van der Waals surface area contributed by atoms with E-state index in [2.05, 4.69) is 0 Å². The molecule has 64 valence electrons. The molecule has 11 heavy (non-hydrogen) atoms. The summed E-state index contributed by atoms with van der Waals surface area (Å²) in [6.45, 7) is 2.23. The Morgan fingerprint density at radius 1 is 1.36 bits per heavy atom. The van der Waals surface area contributed by atoms with E-state index in [1.807, 2.05) is 0 Å². The lowest BCUT2D eigenvalue weighted by molar-refractivity contribution is -0.0710. The van der Waals surface area contributed by atoms with Crippen molar-refractivity contribution in [1.29, 1.82) is 0 Å². The maximum Gasteiger partial charge on any atom is 0.0837 e. The van der Waals surface area contributed by atoms with E-state index in [1.165, 1.54) is 0 Å². The average Bonchev–Trinajstić information content (AvgIpc) is 2.72. The Morgan fingerprint density at radius 2 is 2.00 bits per heavy atom. The van der Waals surface area contributed by atoms with E-state index in [1.54, 1.807) is 0 Å². The molecule has 3 heteroatoms. The van der Waals surface area contributed by atoms with E-state index < -0.39 is 5.60 Å². The van der Waals surface area contributed by atoms with E-state index in [9.17, 15) is 5.11 Å². The number of rotatable bonds is 2. The third kappa shape index (κ3) is 1.92. The van der Waals surface area contributed by atoms with Crippen LogP contribution in [0.15, 0.2) is 0 Å². The highest BCUT2D eigenvalue weighted by Gasteiger charge is 2.37. The van der Waals surface area contributed by atoms with Gasteiger partial charge in [-0.05, 0) is 12.8 Å². The summed E-state index contributed by atoms with van der Waals surface area (Å²) >= 11 is 0. The Balaban J connectivity index is 1.84. The highest BCUT2D eigenvalue weighted by Crippen LogP contribution is 2.30. The monoisotopic (exact) mass is 158 g/mol. The van der Waals surface area contributed by atoms with Gasteiger partial charge in [0, 0.05) is 19.6 Å². The minimum Gasteiger partial charge on any atom is -0.390 e. The van der Waals surface area contributed by atoms with Gasteiger partial charge in [0.05, 0.1) is 18.3 Å². The zero-order valence-electron chi connectivity index (χ0n) is 6.58. The van der Waals surface area contributed by atoms with Gasteiger partial charge < -0.3 is 14.6 Å². The first-order valence-corrected chi connectivity index (χ1v) is 4.20. The van der Waals surface area contributed by atoms with Crippen LogP contribution in [0.5, 0.6) is 0 Å². The van der Waals surface area contributed by atoms with Crippen LogP contribution >= 0.6 is 0 Å². The first-order chi connectivity index (χ1) is 5.29. The molecule has 0 aliphatic carbocycles. The van der Waals surface area contributed by atoms with Crippen molar-refractivity contribution in [2.75, 3.05) is 19.8 Å². The van der Waals surface area contributed by atoms with Crippen LogP contribution in [0.2, 0.25) is 0 Å². The summed E-state index contributed by atoms with van der Waals surface area (Å²) in [5.41, 5.74) is -0.487. The summed E-state index contributed by atoms with van der Waals surface area (Å²) in [6, 6.07) is 0. The fraction of sp³-hybridized carbons (Fsp3) is 1.00. The van der Waals surface area contributed by atoms with Crippen LogP contribution in [0.25, 0.3) is 0 Å². The number of ether oxygens (including phenoxy) is 2. The molecule has 0 aromatic carbocycles. The van der Waals surface area contributed by atoms with Crippen LogP contribution < -0.4 is 0 Å². The molecule has 2 aliphatic rings. The standard InChI is InChI=1S/C8H14O3/c9-8(5-7-6-11-7)1-3-10-4-2-8/h7,9H,1-6H2/t7-/m1/s1. The van der Waals surface area contributed by atoms with Gasteiger partial charge in [0.25, 0.3) is 0 Å². The van der Waals surface area contributed by atoms with E-state index in [0.717, 1.165) is 25.9 Å². The maximum absolute atomic E-state index is 9.92. The predicted molar refractivity (Wildman–Crippen MR) is 39.4 cm³/mol. The van der Waals surface area contributed by atoms with Crippen molar-refractivity contribution in [2.24, 2.45) is 0 Å². The number of epoxide rings is 1. The fourth-order valence-corrected chi connectivity index (χ4v) is 1.57. The molecule has 2 saturated heterocycles. The summed E-state index contributed by atoms with van der Waals surface area (Å²) in [5, 5.41) is 9.92. The molecule has 2 fully saturated rings. The normalized spacial score (nSPS) is 35.2. The third-order valence-corrected chi connectivity index (χ3v) is 2.43. The molecular weight excluding hydrogens is 144 g/mol. The van der Waals surface area contributed by atoms with Gasteiger partial charge in [-0.25, -0.2) is 0 Å². The summed E-state index contributed by atoms with van der Waals surface area (Å²) in [4.78, 5) is 0. The second-order valence-electron chi connectivity index (χ2n) is 3.50. The topological polar surface area (TPSA) is 42.0 Å². The molecule has 2 heterocycles. The van der Waals surface area contributed by atoms with Crippen LogP contribution in [0, 0.1) is 0 Å². The van der Waals surface area contributed by atoms with Crippen molar-refractivity contribution in [1.82, 2.24) is 0 Å². The van der Waals surface area contributed by atoms with Crippen molar-refractivity contribution < 1.29 is 14.6 Å². The Bertz CT molecular complexity index is 136. The van der Waals surface area contributed by atoms with Crippen molar-refractivity contribution >= 4 is 0 Å². The molecule has 0 spiro atoms. The van der Waals surface area contributed by atoms with Crippen molar-refractivity contribution in [3.8, 4) is 0 Å². The Kier molecular flexibility index (Phi) is 1.87. The first kappa shape index (κ1) is 7.53. The van der Waals surface area contributed by atoms with Crippen molar-refractivity contribution in [2.45, 2.75) is 31.0 Å². The molecule has 0 aromatic rings. The Morgan fingerprint density at radius 3 is 2.55 bits per heavy atom. The molecule has 0 saturated carbocycles. The van der Waals surface area contributed by atoms with Gasteiger partial charge >= 0.3 is 0 Å². The molecule has 0 aromatic heterocycles. The molecule has 0 bridgehead atoms. The summed E-state index contributed by atoms with van der Waals surface area (Å²) in [6.07, 6.45) is 2.67. The van der Waals surface area contributed by atoms with Gasteiger partial charge in [-0.2, -0.15) is 0 Å². The van der Waals surface area contributed by atoms with Crippen LogP contribution in [-0.4, -0.2) is 36.6 Å². The summed E-state index contributed by atoms with van der Waals surface area (Å²) in [5.74, 6) is 0. The van der Waals surface area contributed by atoms with Crippen LogP contribution in [0.3, 0.4) is 0 Å². The molecular formula is C8H14O3. The second-order valence-corrected chi connectivity index (χ2v) is 3.50. The molecule has 3 nitrogen and oxygen atoms in total. The average molecular weight is 158 g/mol. The SMILES string of the molecule is OC1(C[C@@H]2CO2)CCOCC1. The minimum atomic E-state index is -0.487.